The summed E-state index contributed by atoms with van der Waals surface area (Å²) < 4.78 is 19.7. The van der Waals surface area contributed by atoms with Gasteiger partial charge < -0.3 is 29.7 Å². The largest absolute Gasteiger partial charge is 0.508 e. The van der Waals surface area contributed by atoms with Gasteiger partial charge in [0.15, 0.2) is 12.4 Å². The van der Waals surface area contributed by atoms with Crippen LogP contribution in [0, 0.1) is 0 Å². The Balaban J connectivity index is 1.19. The monoisotopic (exact) mass is 695 g/mol. The van der Waals surface area contributed by atoms with Gasteiger partial charge in [0.1, 0.15) is 5.75 Å². The number of thioether (sulfide) groups is 1. The molecule has 3 N–H and O–H groups in total. The molecule has 0 aliphatic carbocycles. The average molecular weight is 696 g/mol. The van der Waals surface area contributed by atoms with Crippen molar-refractivity contribution in [2.45, 2.75) is 63.2 Å². The SMILES string of the molecule is CC(=O)O[C@@H](C)C(=O)NCc1ccccc1-c1ccc([C@@H]2O[C@H](CSc3nnnn3-c3ccc(O)cc3)C[C@H](c3ccc(CO)cc3)O2)cc1. The molecule has 1 amide bonds. The third-order valence-electron chi connectivity index (χ3n) is 8.22. The molecule has 1 fully saturated rings. The lowest BCUT2D eigenvalue weighted by atomic mass is 9.97. The van der Waals surface area contributed by atoms with Crippen molar-refractivity contribution in [3.63, 3.8) is 0 Å². The number of rotatable bonds is 12. The third kappa shape index (κ3) is 8.55. The Labute approximate surface area is 293 Å². The van der Waals surface area contributed by atoms with Crippen LogP contribution in [0.1, 0.15) is 54.9 Å². The molecule has 50 heavy (non-hydrogen) atoms. The predicted molar refractivity (Wildman–Crippen MR) is 185 cm³/mol. The second-order valence-electron chi connectivity index (χ2n) is 11.8. The normalized spacial score (nSPS) is 17.9. The lowest BCUT2D eigenvalue weighted by Crippen LogP contribution is -2.35. The number of aliphatic hydroxyl groups excluding tert-OH is 1. The van der Waals surface area contributed by atoms with E-state index >= 15 is 0 Å². The Morgan fingerprint density at radius 3 is 2.42 bits per heavy atom. The standard InChI is InChI=1S/C37H37N5O7S/c1-23(47-24(2)44)35(46)38-20-29-5-3-4-6-33(29)26-11-13-28(14-12-26)36-48-32(19-34(49-36)27-9-7-25(21-43)8-10-27)22-50-37-39-40-41-42(37)30-15-17-31(45)18-16-30/h3-18,23,32,34,36,43,45H,19-22H2,1-2H3,(H,38,46)/t23-,32-,34+,36+/m0/s1. The zero-order chi connectivity index (χ0) is 35.0. The molecule has 2 heterocycles. The number of hydrogen-bond acceptors (Lipinski definition) is 11. The van der Waals surface area contributed by atoms with Gasteiger partial charge in [0, 0.05) is 31.2 Å². The van der Waals surface area contributed by atoms with E-state index in [0.717, 1.165) is 39.1 Å². The number of tetrazole rings is 1. The van der Waals surface area contributed by atoms with E-state index in [2.05, 4.69) is 20.8 Å². The van der Waals surface area contributed by atoms with E-state index in [1.807, 2.05) is 72.8 Å². The number of amides is 1. The van der Waals surface area contributed by atoms with Crippen LogP contribution in [0.3, 0.4) is 0 Å². The Kier molecular flexibility index (Phi) is 11.2. The molecule has 0 radical (unpaired) electrons. The zero-order valence-electron chi connectivity index (χ0n) is 27.5. The van der Waals surface area contributed by atoms with Gasteiger partial charge >= 0.3 is 5.97 Å². The number of aromatic hydroxyl groups is 1. The average Bonchev–Trinajstić information content (AvgIpc) is 3.62. The molecule has 4 atom stereocenters. The summed E-state index contributed by atoms with van der Waals surface area (Å²) in [6.45, 7) is 3.04. The van der Waals surface area contributed by atoms with Crippen LogP contribution in [0.15, 0.2) is 102 Å². The van der Waals surface area contributed by atoms with Crippen molar-refractivity contribution in [1.29, 1.82) is 0 Å². The van der Waals surface area contributed by atoms with E-state index in [4.69, 9.17) is 14.2 Å². The van der Waals surface area contributed by atoms with Gasteiger partial charge in [-0.1, -0.05) is 84.6 Å². The highest BCUT2D eigenvalue weighted by Crippen LogP contribution is 2.40. The van der Waals surface area contributed by atoms with Gasteiger partial charge in [-0.05, 0) is 69.4 Å². The van der Waals surface area contributed by atoms with Crippen molar-refractivity contribution >= 4 is 23.6 Å². The van der Waals surface area contributed by atoms with Crippen LogP contribution in [0.2, 0.25) is 0 Å². The van der Waals surface area contributed by atoms with Crippen molar-refractivity contribution in [3.05, 3.63) is 119 Å². The highest BCUT2D eigenvalue weighted by atomic mass is 32.2. The Bertz CT molecular complexity index is 1900. The first-order chi connectivity index (χ1) is 24.3. The minimum absolute atomic E-state index is 0.0399. The van der Waals surface area contributed by atoms with Gasteiger partial charge in [-0.3, -0.25) is 9.59 Å². The number of phenols is 1. The number of nitrogens with one attached hydrogen (secondary N) is 1. The molecular formula is C37H37N5O7S. The van der Waals surface area contributed by atoms with Crippen molar-refractivity contribution < 1.29 is 34.0 Å². The van der Waals surface area contributed by atoms with Crippen molar-refractivity contribution in [2.75, 3.05) is 5.75 Å². The van der Waals surface area contributed by atoms with Crippen LogP contribution in [-0.4, -0.2) is 60.3 Å². The maximum atomic E-state index is 12.5. The highest BCUT2D eigenvalue weighted by molar-refractivity contribution is 7.99. The summed E-state index contributed by atoms with van der Waals surface area (Å²) in [5.74, 6) is -0.176. The number of aromatic nitrogens is 4. The molecule has 1 aliphatic heterocycles. The van der Waals surface area contributed by atoms with E-state index in [9.17, 15) is 19.8 Å². The summed E-state index contributed by atoms with van der Waals surface area (Å²) in [7, 11) is 0. The number of hydrogen-bond donors (Lipinski definition) is 3. The molecule has 13 heteroatoms. The molecule has 5 aromatic rings. The van der Waals surface area contributed by atoms with E-state index < -0.39 is 18.4 Å². The summed E-state index contributed by atoms with van der Waals surface area (Å²) in [5.41, 5.74) is 6.18. The van der Waals surface area contributed by atoms with Crippen LogP contribution >= 0.6 is 11.8 Å². The first-order valence-electron chi connectivity index (χ1n) is 16.1. The number of carbonyl (C=O) groups excluding carboxylic acids is 2. The van der Waals surface area contributed by atoms with Gasteiger partial charge in [-0.15, -0.1) is 5.10 Å². The Morgan fingerprint density at radius 1 is 0.980 bits per heavy atom. The second kappa shape index (κ2) is 16.1. The maximum Gasteiger partial charge on any atom is 0.303 e. The quantitative estimate of drug-likeness (QED) is 0.113. The first-order valence-corrected chi connectivity index (χ1v) is 17.1. The number of nitrogens with zero attached hydrogens (tertiary/aromatic N) is 4. The number of phenolic OH excluding ortho intramolecular Hbond substituents is 1. The van der Waals surface area contributed by atoms with Crippen LogP contribution in [0.5, 0.6) is 5.75 Å². The van der Waals surface area contributed by atoms with Gasteiger partial charge in [0.05, 0.1) is 24.5 Å². The molecular weight excluding hydrogens is 659 g/mol. The van der Waals surface area contributed by atoms with E-state index in [1.54, 1.807) is 28.9 Å². The summed E-state index contributed by atoms with van der Waals surface area (Å²) in [6, 6.07) is 30.1. The number of ether oxygens (including phenoxy) is 3. The van der Waals surface area contributed by atoms with Crippen LogP contribution in [0.4, 0.5) is 0 Å². The minimum atomic E-state index is -0.887. The second-order valence-corrected chi connectivity index (χ2v) is 12.8. The zero-order valence-corrected chi connectivity index (χ0v) is 28.3. The highest BCUT2D eigenvalue weighted by Gasteiger charge is 2.33. The third-order valence-corrected chi connectivity index (χ3v) is 9.28. The molecule has 12 nitrogen and oxygen atoms in total. The lowest BCUT2D eigenvalue weighted by molar-refractivity contribution is -0.245. The molecule has 0 saturated carbocycles. The van der Waals surface area contributed by atoms with E-state index in [-0.39, 0.29) is 37.0 Å². The minimum Gasteiger partial charge on any atom is -0.508 e. The van der Waals surface area contributed by atoms with Crippen molar-refractivity contribution in [2.24, 2.45) is 0 Å². The summed E-state index contributed by atoms with van der Waals surface area (Å²) in [4.78, 5) is 23.7. The van der Waals surface area contributed by atoms with Gasteiger partial charge in [0.25, 0.3) is 5.91 Å². The smallest absolute Gasteiger partial charge is 0.303 e. The van der Waals surface area contributed by atoms with Gasteiger partial charge in [-0.2, -0.15) is 4.68 Å². The van der Waals surface area contributed by atoms with Crippen LogP contribution < -0.4 is 5.32 Å². The first kappa shape index (κ1) is 34.8. The van der Waals surface area contributed by atoms with E-state index in [0.29, 0.717) is 17.3 Å². The van der Waals surface area contributed by atoms with Gasteiger partial charge in [0.2, 0.25) is 5.16 Å². The molecule has 4 aromatic carbocycles. The molecule has 1 aliphatic rings. The summed E-state index contributed by atoms with van der Waals surface area (Å²) >= 11 is 1.47. The molecule has 258 valence electrons. The molecule has 0 spiro atoms. The van der Waals surface area contributed by atoms with E-state index in [1.165, 1.54) is 25.6 Å². The molecule has 0 bridgehead atoms. The Hall–Kier alpha value is -5.08. The molecule has 1 saturated heterocycles. The van der Waals surface area contributed by atoms with Crippen molar-refractivity contribution in [3.8, 4) is 22.6 Å². The fourth-order valence-electron chi connectivity index (χ4n) is 5.62. The fourth-order valence-corrected chi connectivity index (χ4v) is 6.53. The summed E-state index contributed by atoms with van der Waals surface area (Å²) in [5, 5.41) is 34.9. The number of esters is 1. The summed E-state index contributed by atoms with van der Waals surface area (Å²) in [6.07, 6.45) is -1.43. The molecule has 6 rings (SSSR count). The van der Waals surface area contributed by atoms with Crippen LogP contribution in [0.25, 0.3) is 16.8 Å². The van der Waals surface area contributed by atoms with Crippen LogP contribution in [-0.2, 0) is 37.0 Å². The van der Waals surface area contributed by atoms with Gasteiger partial charge in [-0.25, -0.2) is 0 Å². The molecule has 1 aromatic heterocycles. The number of benzene rings is 4. The number of aliphatic hydroxyl groups is 1. The number of carbonyl (C=O) groups is 2. The lowest BCUT2D eigenvalue weighted by Gasteiger charge is -2.36. The Morgan fingerprint density at radius 2 is 1.70 bits per heavy atom. The molecule has 0 unspecified atom stereocenters. The maximum absolute atomic E-state index is 12.5. The fraction of sp³-hybridized carbons (Fsp3) is 0.270. The predicted octanol–water partition coefficient (Wildman–Crippen LogP) is 5.43. The topological polar surface area (TPSA) is 158 Å². The van der Waals surface area contributed by atoms with Crippen molar-refractivity contribution in [1.82, 2.24) is 25.5 Å².